The molecule has 2 aliphatic rings. The predicted octanol–water partition coefficient (Wildman–Crippen LogP) is 4.38. The number of carboxylic acids is 1. The van der Waals surface area contributed by atoms with Crippen molar-refractivity contribution in [2.24, 2.45) is 5.41 Å². The van der Waals surface area contributed by atoms with Gasteiger partial charge in [0.1, 0.15) is 11.9 Å². The zero-order valence-corrected chi connectivity index (χ0v) is 22.4. The van der Waals surface area contributed by atoms with E-state index in [2.05, 4.69) is 25.5 Å². The summed E-state index contributed by atoms with van der Waals surface area (Å²) in [6, 6.07) is 14.2. The summed E-state index contributed by atoms with van der Waals surface area (Å²) < 4.78 is 48.1. The largest absolute Gasteiger partial charge is 0.480 e. The Hall–Kier alpha value is -4.52. The first kappa shape index (κ1) is 27.6. The SMILES string of the molecule is Nc1nc(OC(c2ccc(-c3ccc4nnccc4c3)cc2)C(F)(F)F)cc(N2CCC3(CC2)CN[C@H](C(=O)O)C3)n1. The molecular weight excluding hydrogens is 551 g/mol. The van der Waals surface area contributed by atoms with E-state index >= 15 is 0 Å². The van der Waals surface area contributed by atoms with Crippen LogP contribution in [0.25, 0.3) is 22.0 Å². The Kier molecular flexibility index (Phi) is 7.05. The van der Waals surface area contributed by atoms with E-state index in [0.29, 0.717) is 44.7 Å². The standard InChI is InChI=1S/C29H28F3N7O3/c30-29(31,32)25(18-3-1-17(2-4-18)19-5-6-21-20(13-19)7-10-35-38-21)42-24-14-23(36-27(33)37-24)39-11-8-28(9-12-39)15-22(26(40)41)34-16-28/h1-7,10,13-14,22,25,34H,8-9,11-12,15-16H2,(H,40,41)(H2,33,36,37)/t22-,25?/m0/s1. The number of nitrogens with two attached hydrogens (primary N) is 1. The molecule has 2 aromatic carbocycles. The maximum absolute atomic E-state index is 14.2. The van der Waals surface area contributed by atoms with Crippen molar-refractivity contribution in [3.8, 4) is 17.0 Å². The number of piperidine rings is 1. The molecule has 13 heteroatoms. The number of carbonyl (C=O) groups is 1. The van der Waals surface area contributed by atoms with Crippen LogP contribution in [-0.4, -0.2) is 63.1 Å². The lowest BCUT2D eigenvalue weighted by atomic mass is 9.76. The Labute approximate surface area is 238 Å². The van der Waals surface area contributed by atoms with Gasteiger partial charge in [-0.15, -0.1) is 0 Å². The van der Waals surface area contributed by atoms with Gasteiger partial charge < -0.3 is 25.8 Å². The maximum Gasteiger partial charge on any atom is 0.429 e. The number of halogens is 3. The van der Waals surface area contributed by atoms with E-state index in [4.69, 9.17) is 10.5 Å². The van der Waals surface area contributed by atoms with Crippen molar-refractivity contribution in [3.63, 3.8) is 0 Å². The second-order valence-corrected chi connectivity index (χ2v) is 10.9. The molecule has 218 valence electrons. The van der Waals surface area contributed by atoms with Crippen LogP contribution in [-0.2, 0) is 4.79 Å². The fraction of sp³-hybridized carbons (Fsp3) is 0.345. The molecule has 1 spiro atoms. The van der Waals surface area contributed by atoms with Gasteiger partial charge in [0.25, 0.3) is 0 Å². The zero-order valence-electron chi connectivity index (χ0n) is 22.4. The number of carboxylic acid groups (broad SMARTS) is 1. The van der Waals surface area contributed by atoms with Gasteiger partial charge in [-0.2, -0.15) is 33.3 Å². The number of aliphatic carboxylic acids is 1. The van der Waals surface area contributed by atoms with Crippen LogP contribution >= 0.6 is 0 Å². The summed E-state index contributed by atoms with van der Waals surface area (Å²) in [4.78, 5) is 21.5. The molecule has 42 heavy (non-hydrogen) atoms. The highest BCUT2D eigenvalue weighted by Crippen LogP contribution is 2.41. The van der Waals surface area contributed by atoms with E-state index in [1.54, 1.807) is 18.3 Å². The summed E-state index contributed by atoms with van der Waals surface area (Å²) in [6.07, 6.45) is -3.45. The molecule has 0 amide bonds. The lowest BCUT2D eigenvalue weighted by Crippen LogP contribution is -2.41. The number of alkyl halides is 3. The van der Waals surface area contributed by atoms with E-state index in [0.717, 1.165) is 22.0 Å². The smallest absolute Gasteiger partial charge is 0.429 e. The van der Waals surface area contributed by atoms with Gasteiger partial charge in [-0.05, 0) is 54.0 Å². The second-order valence-electron chi connectivity index (χ2n) is 10.9. The van der Waals surface area contributed by atoms with Crippen LogP contribution in [0.1, 0.15) is 30.9 Å². The fourth-order valence-electron chi connectivity index (χ4n) is 5.80. The highest BCUT2D eigenvalue weighted by molar-refractivity contribution is 5.83. The average Bonchev–Trinajstić information content (AvgIpc) is 3.39. The molecule has 2 aromatic heterocycles. The van der Waals surface area contributed by atoms with Gasteiger partial charge in [-0.1, -0.05) is 30.3 Å². The summed E-state index contributed by atoms with van der Waals surface area (Å²) in [5.74, 6) is -0.982. The summed E-state index contributed by atoms with van der Waals surface area (Å²) in [5.41, 5.74) is 7.96. The lowest BCUT2D eigenvalue weighted by molar-refractivity contribution is -0.198. The molecule has 1 unspecified atom stereocenters. The van der Waals surface area contributed by atoms with Crippen LogP contribution in [0.3, 0.4) is 0 Å². The number of benzene rings is 2. The quantitative estimate of drug-likeness (QED) is 0.301. The van der Waals surface area contributed by atoms with Gasteiger partial charge in [0, 0.05) is 36.7 Å². The number of ether oxygens (including phenoxy) is 1. The summed E-state index contributed by atoms with van der Waals surface area (Å²) in [5, 5.41) is 21.2. The van der Waals surface area contributed by atoms with E-state index in [9.17, 15) is 23.1 Å². The van der Waals surface area contributed by atoms with Gasteiger partial charge in [0.15, 0.2) is 0 Å². The van der Waals surface area contributed by atoms with Gasteiger partial charge in [-0.3, -0.25) is 4.79 Å². The Bertz CT molecular complexity index is 1610. The van der Waals surface area contributed by atoms with Crippen LogP contribution < -0.4 is 20.7 Å². The van der Waals surface area contributed by atoms with Crippen molar-refractivity contribution in [3.05, 3.63) is 66.4 Å². The minimum absolute atomic E-state index is 0.0849. The van der Waals surface area contributed by atoms with Crippen LogP contribution in [0.5, 0.6) is 5.88 Å². The number of aromatic nitrogens is 4. The number of rotatable bonds is 6. The molecule has 10 nitrogen and oxygen atoms in total. The van der Waals surface area contributed by atoms with Crippen molar-refractivity contribution in [1.29, 1.82) is 0 Å². The molecule has 0 aliphatic carbocycles. The number of anilines is 2. The summed E-state index contributed by atoms with van der Waals surface area (Å²) in [7, 11) is 0. The molecule has 2 saturated heterocycles. The first-order valence-corrected chi connectivity index (χ1v) is 13.5. The number of hydrogen-bond acceptors (Lipinski definition) is 9. The molecule has 4 N–H and O–H groups in total. The van der Waals surface area contributed by atoms with E-state index < -0.39 is 24.3 Å². The van der Waals surface area contributed by atoms with Crippen LogP contribution in [0.2, 0.25) is 0 Å². The van der Waals surface area contributed by atoms with Crippen LogP contribution in [0.15, 0.2) is 60.8 Å². The number of fused-ring (bicyclic) bond motifs is 1. The lowest BCUT2D eigenvalue weighted by Gasteiger charge is -2.39. The third-order valence-corrected chi connectivity index (χ3v) is 8.11. The van der Waals surface area contributed by atoms with Crippen molar-refractivity contribution in [2.75, 3.05) is 30.3 Å². The van der Waals surface area contributed by atoms with Crippen molar-refractivity contribution in [1.82, 2.24) is 25.5 Å². The first-order chi connectivity index (χ1) is 20.1. The van der Waals surface area contributed by atoms with E-state index in [-0.39, 0.29) is 22.8 Å². The number of nitrogen functional groups attached to an aromatic ring is 1. The topological polar surface area (TPSA) is 139 Å². The number of nitrogens with one attached hydrogen (secondary N) is 1. The third-order valence-electron chi connectivity index (χ3n) is 8.11. The molecular formula is C29H28F3N7O3. The van der Waals surface area contributed by atoms with Gasteiger partial charge in [-0.25, -0.2) is 0 Å². The molecule has 4 aromatic rings. The molecule has 2 atom stereocenters. The van der Waals surface area contributed by atoms with Crippen molar-refractivity contribution >= 4 is 28.6 Å². The predicted molar refractivity (Wildman–Crippen MR) is 149 cm³/mol. The van der Waals surface area contributed by atoms with Crippen LogP contribution in [0.4, 0.5) is 24.9 Å². The van der Waals surface area contributed by atoms with Crippen molar-refractivity contribution in [2.45, 2.75) is 37.6 Å². The van der Waals surface area contributed by atoms with E-state index in [1.807, 2.05) is 29.2 Å². The van der Waals surface area contributed by atoms with E-state index in [1.165, 1.54) is 18.2 Å². The summed E-state index contributed by atoms with van der Waals surface area (Å²) in [6.45, 7) is 1.71. The Morgan fingerprint density at radius 1 is 1.07 bits per heavy atom. The minimum Gasteiger partial charge on any atom is -0.480 e. The Morgan fingerprint density at radius 3 is 2.50 bits per heavy atom. The molecule has 0 radical (unpaired) electrons. The van der Waals surface area contributed by atoms with Gasteiger partial charge >= 0.3 is 12.1 Å². The second kappa shape index (κ2) is 10.7. The molecule has 2 fully saturated rings. The Morgan fingerprint density at radius 2 is 1.81 bits per heavy atom. The average molecular weight is 580 g/mol. The number of hydrogen-bond donors (Lipinski definition) is 3. The minimum atomic E-state index is -4.73. The molecule has 0 saturated carbocycles. The summed E-state index contributed by atoms with van der Waals surface area (Å²) >= 11 is 0. The third kappa shape index (κ3) is 5.64. The maximum atomic E-state index is 14.2. The highest BCUT2D eigenvalue weighted by Gasteiger charge is 2.45. The Balaban J connectivity index is 1.19. The zero-order chi connectivity index (χ0) is 29.5. The van der Waals surface area contributed by atoms with Gasteiger partial charge in [0.2, 0.25) is 17.9 Å². The molecule has 6 rings (SSSR count). The normalized spacial score (nSPS) is 19.2. The first-order valence-electron chi connectivity index (χ1n) is 13.5. The van der Waals surface area contributed by atoms with Crippen molar-refractivity contribution < 1.29 is 27.8 Å². The monoisotopic (exact) mass is 579 g/mol. The fourth-order valence-corrected chi connectivity index (χ4v) is 5.80. The molecule has 0 bridgehead atoms. The van der Waals surface area contributed by atoms with Gasteiger partial charge in [0.05, 0.1) is 11.7 Å². The molecule has 2 aliphatic heterocycles. The number of nitrogens with zero attached hydrogens (tertiary/aromatic N) is 5. The van der Waals surface area contributed by atoms with Crippen LogP contribution in [0, 0.1) is 5.41 Å². The highest BCUT2D eigenvalue weighted by atomic mass is 19.4. The molecule has 4 heterocycles.